The van der Waals surface area contributed by atoms with Crippen molar-refractivity contribution < 1.29 is 14.2 Å². The Kier molecular flexibility index (Phi) is 3.05. The summed E-state index contributed by atoms with van der Waals surface area (Å²) in [6.45, 7) is 1.61. The van der Waals surface area contributed by atoms with Crippen molar-refractivity contribution in [2.75, 3.05) is 13.2 Å². The van der Waals surface area contributed by atoms with Crippen LogP contribution < -0.4 is 4.74 Å². The first kappa shape index (κ1) is 9.00. The van der Waals surface area contributed by atoms with E-state index in [0.717, 1.165) is 0 Å². The van der Waals surface area contributed by atoms with Crippen molar-refractivity contribution in [3.8, 4) is 5.75 Å². The lowest BCUT2D eigenvalue weighted by Gasteiger charge is -2.05. The molecule has 0 unspecified atom stereocenters. The lowest BCUT2D eigenvalue weighted by molar-refractivity contribution is 0.196. The SMILES string of the molecule is Cc1[c]ccc(OCCO)c1F. The van der Waals surface area contributed by atoms with E-state index in [-0.39, 0.29) is 19.0 Å². The number of aryl methyl sites for hydroxylation is 1. The minimum Gasteiger partial charge on any atom is -0.488 e. The Balaban J connectivity index is 2.78. The number of hydrogen-bond donors (Lipinski definition) is 1. The Labute approximate surface area is 70.6 Å². The van der Waals surface area contributed by atoms with Crippen molar-refractivity contribution in [3.05, 3.63) is 29.6 Å². The summed E-state index contributed by atoms with van der Waals surface area (Å²) in [6.07, 6.45) is 0. The summed E-state index contributed by atoms with van der Waals surface area (Å²) in [5.41, 5.74) is 0.422. The van der Waals surface area contributed by atoms with Crippen LogP contribution in [0.15, 0.2) is 12.1 Å². The Morgan fingerprint density at radius 1 is 1.67 bits per heavy atom. The van der Waals surface area contributed by atoms with Crippen molar-refractivity contribution in [3.63, 3.8) is 0 Å². The molecule has 12 heavy (non-hydrogen) atoms. The Morgan fingerprint density at radius 3 is 3.08 bits per heavy atom. The lowest BCUT2D eigenvalue weighted by atomic mass is 10.2. The zero-order valence-corrected chi connectivity index (χ0v) is 6.80. The summed E-state index contributed by atoms with van der Waals surface area (Å²) < 4.78 is 18.0. The van der Waals surface area contributed by atoms with Crippen LogP contribution in [0.4, 0.5) is 4.39 Å². The average molecular weight is 169 g/mol. The first-order chi connectivity index (χ1) is 5.75. The van der Waals surface area contributed by atoms with E-state index in [1.54, 1.807) is 13.0 Å². The molecule has 0 aliphatic heterocycles. The van der Waals surface area contributed by atoms with Gasteiger partial charge in [-0.2, -0.15) is 0 Å². The summed E-state index contributed by atoms with van der Waals surface area (Å²) >= 11 is 0. The van der Waals surface area contributed by atoms with Crippen LogP contribution in [0.1, 0.15) is 5.56 Å². The van der Waals surface area contributed by atoms with Crippen LogP contribution in [0.2, 0.25) is 0 Å². The number of hydrogen-bond acceptors (Lipinski definition) is 2. The Hall–Kier alpha value is -1.09. The average Bonchev–Trinajstić information content (AvgIpc) is 2.08. The monoisotopic (exact) mass is 169 g/mol. The third kappa shape index (κ3) is 1.95. The van der Waals surface area contributed by atoms with Crippen LogP contribution in [-0.2, 0) is 0 Å². The summed E-state index contributed by atoms with van der Waals surface area (Å²) in [4.78, 5) is 0. The molecule has 2 nitrogen and oxygen atoms in total. The van der Waals surface area contributed by atoms with Gasteiger partial charge < -0.3 is 9.84 Å². The number of halogens is 1. The van der Waals surface area contributed by atoms with Gasteiger partial charge in [-0.3, -0.25) is 0 Å². The maximum atomic E-state index is 13.1. The van der Waals surface area contributed by atoms with E-state index in [4.69, 9.17) is 9.84 Å². The number of rotatable bonds is 3. The van der Waals surface area contributed by atoms with Gasteiger partial charge in [0.15, 0.2) is 11.6 Å². The van der Waals surface area contributed by atoms with Gasteiger partial charge in [-0.15, -0.1) is 0 Å². The molecule has 3 heteroatoms. The fourth-order valence-corrected chi connectivity index (χ4v) is 0.831. The van der Waals surface area contributed by atoms with Crippen molar-refractivity contribution in [1.82, 2.24) is 0 Å². The predicted octanol–water partition coefficient (Wildman–Crippen LogP) is 1.31. The second-order valence-electron chi connectivity index (χ2n) is 2.35. The molecule has 0 aliphatic rings. The summed E-state index contributed by atoms with van der Waals surface area (Å²) in [5.74, 6) is -0.244. The van der Waals surface area contributed by atoms with Gasteiger partial charge in [0.25, 0.3) is 0 Å². The Morgan fingerprint density at radius 2 is 2.42 bits per heavy atom. The molecule has 0 atom stereocenters. The summed E-state index contributed by atoms with van der Waals surface area (Å²) in [6, 6.07) is 5.77. The van der Waals surface area contributed by atoms with Gasteiger partial charge in [0.1, 0.15) is 6.61 Å². The highest BCUT2D eigenvalue weighted by Gasteiger charge is 2.04. The Bertz CT molecular complexity index is 261. The molecule has 1 aromatic carbocycles. The van der Waals surface area contributed by atoms with Gasteiger partial charge in [-0.05, 0) is 24.6 Å². The summed E-state index contributed by atoms with van der Waals surface area (Å²) in [7, 11) is 0. The standard InChI is InChI=1S/C9H10FO2/c1-7-3-2-4-8(9(7)10)12-6-5-11/h2,4,11H,5-6H2,1H3. The third-order valence-electron chi connectivity index (χ3n) is 1.43. The zero-order chi connectivity index (χ0) is 8.97. The normalized spacial score (nSPS) is 9.92. The second-order valence-corrected chi connectivity index (χ2v) is 2.35. The minimum atomic E-state index is -0.411. The lowest BCUT2D eigenvalue weighted by Crippen LogP contribution is -2.03. The number of ether oxygens (including phenoxy) is 1. The van der Waals surface area contributed by atoms with Gasteiger partial charge in [0.2, 0.25) is 0 Å². The second kappa shape index (κ2) is 4.07. The van der Waals surface area contributed by atoms with Gasteiger partial charge in [-0.25, -0.2) is 4.39 Å². The molecule has 0 heterocycles. The van der Waals surface area contributed by atoms with Gasteiger partial charge in [0.05, 0.1) is 6.61 Å². The maximum absolute atomic E-state index is 13.1. The topological polar surface area (TPSA) is 29.5 Å². The molecule has 0 saturated heterocycles. The minimum absolute atomic E-state index is 0.111. The first-order valence-electron chi connectivity index (χ1n) is 3.66. The van der Waals surface area contributed by atoms with E-state index in [2.05, 4.69) is 6.07 Å². The van der Waals surface area contributed by atoms with Gasteiger partial charge in [-0.1, -0.05) is 6.07 Å². The molecule has 0 aliphatic carbocycles. The molecule has 0 fully saturated rings. The largest absolute Gasteiger partial charge is 0.488 e. The smallest absolute Gasteiger partial charge is 0.168 e. The van der Waals surface area contributed by atoms with Crippen LogP contribution in [-0.4, -0.2) is 18.3 Å². The molecule has 0 aromatic heterocycles. The molecular weight excluding hydrogens is 159 g/mol. The van der Waals surface area contributed by atoms with Crippen molar-refractivity contribution >= 4 is 0 Å². The molecule has 0 spiro atoms. The highest BCUT2D eigenvalue weighted by Crippen LogP contribution is 2.18. The molecule has 1 rings (SSSR count). The third-order valence-corrected chi connectivity index (χ3v) is 1.43. The molecule has 0 amide bonds. The fraction of sp³-hybridized carbons (Fsp3) is 0.333. The molecular formula is C9H10FO2. The molecule has 0 bridgehead atoms. The summed E-state index contributed by atoms with van der Waals surface area (Å²) in [5, 5.41) is 8.43. The van der Waals surface area contributed by atoms with E-state index >= 15 is 0 Å². The van der Waals surface area contributed by atoms with Crippen LogP contribution in [0.3, 0.4) is 0 Å². The molecule has 1 N–H and O–H groups in total. The van der Waals surface area contributed by atoms with Crippen LogP contribution in [0.5, 0.6) is 5.75 Å². The highest BCUT2D eigenvalue weighted by atomic mass is 19.1. The predicted molar refractivity (Wildman–Crippen MR) is 42.6 cm³/mol. The van der Waals surface area contributed by atoms with Crippen LogP contribution >= 0.6 is 0 Å². The van der Waals surface area contributed by atoms with Gasteiger partial charge >= 0.3 is 0 Å². The zero-order valence-electron chi connectivity index (χ0n) is 6.80. The first-order valence-corrected chi connectivity index (χ1v) is 3.66. The maximum Gasteiger partial charge on any atom is 0.168 e. The van der Waals surface area contributed by atoms with Crippen molar-refractivity contribution in [2.45, 2.75) is 6.92 Å². The number of benzene rings is 1. The van der Waals surface area contributed by atoms with Crippen molar-refractivity contribution in [2.24, 2.45) is 0 Å². The molecule has 65 valence electrons. The van der Waals surface area contributed by atoms with E-state index < -0.39 is 5.82 Å². The van der Waals surface area contributed by atoms with E-state index in [9.17, 15) is 4.39 Å². The number of aliphatic hydroxyl groups excluding tert-OH is 1. The number of aliphatic hydroxyl groups is 1. The van der Waals surface area contributed by atoms with Crippen molar-refractivity contribution in [1.29, 1.82) is 0 Å². The fourth-order valence-electron chi connectivity index (χ4n) is 0.831. The van der Waals surface area contributed by atoms with Gasteiger partial charge in [0, 0.05) is 0 Å². The van der Waals surface area contributed by atoms with Crippen LogP contribution in [0.25, 0.3) is 0 Å². The molecule has 1 radical (unpaired) electrons. The van der Waals surface area contributed by atoms with Crippen LogP contribution in [0, 0.1) is 18.8 Å². The van der Waals surface area contributed by atoms with E-state index in [1.165, 1.54) is 6.07 Å². The quantitative estimate of drug-likeness (QED) is 0.739. The van der Waals surface area contributed by atoms with E-state index in [0.29, 0.717) is 5.56 Å². The highest BCUT2D eigenvalue weighted by molar-refractivity contribution is 5.29. The molecule has 0 saturated carbocycles. The molecule has 1 aromatic rings. The van der Waals surface area contributed by atoms with E-state index in [1.807, 2.05) is 0 Å².